The van der Waals surface area contributed by atoms with Crippen molar-refractivity contribution >= 4 is 17.0 Å². The predicted molar refractivity (Wildman–Crippen MR) is 57.7 cm³/mol. The first kappa shape index (κ1) is 12.7. The van der Waals surface area contributed by atoms with Crippen molar-refractivity contribution in [2.24, 2.45) is 0 Å². The van der Waals surface area contributed by atoms with Gasteiger partial charge in [-0.15, -0.1) is 0 Å². The lowest BCUT2D eigenvalue weighted by molar-refractivity contribution is -0.134. The molecule has 1 unspecified atom stereocenters. The lowest BCUT2D eigenvalue weighted by atomic mass is 10.3. The maximum Gasteiger partial charge on any atom is 0.331 e. The molecule has 0 amide bonds. The quantitative estimate of drug-likeness (QED) is 0.555. The van der Waals surface area contributed by atoms with Gasteiger partial charge in [-0.1, -0.05) is 0 Å². The van der Waals surface area contributed by atoms with E-state index in [4.69, 9.17) is 8.60 Å². The summed E-state index contributed by atoms with van der Waals surface area (Å²) in [6.07, 6.45) is 3.15. The first-order valence-corrected chi connectivity index (χ1v) is 5.68. The molecule has 0 aliphatic carbocycles. The van der Waals surface area contributed by atoms with E-state index in [1.54, 1.807) is 18.4 Å². The minimum absolute atomic E-state index is 0.256. The number of hydrogen-bond acceptors (Lipinski definition) is 5. The van der Waals surface area contributed by atoms with E-state index in [1.165, 1.54) is 7.11 Å². The van der Waals surface area contributed by atoms with Gasteiger partial charge in [-0.3, -0.25) is 4.18 Å². The van der Waals surface area contributed by atoms with E-state index in [-0.39, 0.29) is 6.61 Å². The maximum absolute atomic E-state index is 11.2. The molecule has 1 heterocycles. The van der Waals surface area contributed by atoms with Gasteiger partial charge in [0.15, 0.2) is 11.1 Å². The van der Waals surface area contributed by atoms with E-state index in [1.807, 2.05) is 0 Å². The average molecular weight is 244 g/mol. The van der Waals surface area contributed by atoms with Gasteiger partial charge >= 0.3 is 5.97 Å². The fraction of sp³-hybridized carbons (Fsp3) is 0.300. The predicted octanol–water partition coefficient (Wildman–Crippen LogP) is 1.19. The second-order valence-electron chi connectivity index (χ2n) is 2.74. The SMILES string of the molecule is COC(=O)/C=C\S(=O)OCCc1ccco1. The third kappa shape index (κ3) is 4.90. The summed E-state index contributed by atoms with van der Waals surface area (Å²) in [4.78, 5) is 10.7. The van der Waals surface area contributed by atoms with Crippen LogP contribution in [-0.2, 0) is 31.2 Å². The molecule has 16 heavy (non-hydrogen) atoms. The van der Waals surface area contributed by atoms with Crippen molar-refractivity contribution in [3.63, 3.8) is 0 Å². The number of carbonyl (C=O) groups excluding carboxylic acids is 1. The first-order chi connectivity index (χ1) is 7.72. The van der Waals surface area contributed by atoms with Gasteiger partial charge < -0.3 is 9.15 Å². The Hall–Kier alpha value is -1.40. The molecule has 0 aromatic carbocycles. The summed E-state index contributed by atoms with van der Waals surface area (Å²) in [5, 5.41) is 1.13. The van der Waals surface area contributed by atoms with E-state index >= 15 is 0 Å². The van der Waals surface area contributed by atoms with Crippen LogP contribution in [0.4, 0.5) is 0 Å². The highest BCUT2D eigenvalue weighted by molar-refractivity contribution is 7.83. The van der Waals surface area contributed by atoms with Gasteiger partial charge in [-0.25, -0.2) is 9.00 Å². The molecular formula is C10H12O5S. The molecule has 0 bridgehead atoms. The molecule has 0 fully saturated rings. The van der Waals surface area contributed by atoms with Gasteiger partial charge in [0.2, 0.25) is 0 Å². The number of ether oxygens (including phenoxy) is 1. The third-order valence-electron chi connectivity index (χ3n) is 1.64. The highest BCUT2D eigenvalue weighted by Crippen LogP contribution is 2.01. The van der Waals surface area contributed by atoms with Gasteiger partial charge in [-0.2, -0.15) is 0 Å². The Morgan fingerprint density at radius 2 is 2.44 bits per heavy atom. The molecule has 5 nitrogen and oxygen atoms in total. The lowest BCUT2D eigenvalue weighted by Gasteiger charge is -1.97. The Labute approximate surface area is 95.7 Å². The lowest BCUT2D eigenvalue weighted by Crippen LogP contribution is -2.00. The number of hydrogen-bond donors (Lipinski definition) is 0. The molecule has 0 radical (unpaired) electrons. The molecule has 1 aromatic heterocycles. The van der Waals surface area contributed by atoms with Crippen LogP contribution in [0, 0.1) is 0 Å². The van der Waals surface area contributed by atoms with Crippen LogP contribution in [0.2, 0.25) is 0 Å². The summed E-state index contributed by atoms with van der Waals surface area (Å²) in [5.41, 5.74) is 0. The van der Waals surface area contributed by atoms with Crippen molar-refractivity contribution in [1.82, 2.24) is 0 Å². The van der Waals surface area contributed by atoms with Crippen LogP contribution in [0.25, 0.3) is 0 Å². The van der Waals surface area contributed by atoms with Gasteiger partial charge in [0, 0.05) is 17.9 Å². The van der Waals surface area contributed by atoms with Crippen molar-refractivity contribution in [2.45, 2.75) is 6.42 Å². The van der Waals surface area contributed by atoms with Crippen LogP contribution < -0.4 is 0 Å². The zero-order chi connectivity index (χ0) is 11.8. The normalized spacial score (nSPS) is 12.8. The van der Waals surface area contributed by atoms with Gasteiger partial charge in [0.25, 0.3) is 0 Å². The molecule has 0 saturated heterocycles. The molecule has 6 heteroatoms. The number of carbonyl (C=O) groups is 1. The van der Waals surface area contributed by atoms with Crippen LogP contribution in [0.15, 0.2) is 34.3 Å². The number of rotatable bonds is 6. The average Bonchev–Trinajstić information content (AvgIpc) is 2.79. The monoisotopic (exact) mass is 244 g/mol. The summed E-state index contributed by atoms with van der Waals surface area (Å²) in [6, 6.07) is 3.57. The molecular weight excluding hydrogens is 232 g/mol. The van der Waals surface area contributed by atoms with Gasteiger partial charge in [0.1, 0.15) is 5.76 Å². The number of methoxy groups -OCH3 is 1. The van der Waals surface area contributed by atoms with Crippen LogP contribution in [0.1, 0.15) is 5.76 Å². The van der Waals surface area contributed by atoms with Crippen molar-refractivity contribution in [3.8, 4) is 0 Å². The van der Waals surface area contributed by atoms with E-state index < -0.39 is 17.0 Å². The standard InChI is InChI=1S/C10H12O5S/c1-13-10(11)5-8-16(12)15-7-4-9-3-2-6-14-9/h2-3,5-6,8H,4,7H2,1H3/b8-5-. The van der Waals surface area contributed by atoms with Crippen LogP contribution in [0.3, 0.4) is 0 Å². The first-order valence-electron chi connectivity index (χ1n) is 4.54. The molecule has 0 saturated carbocycles. The summed E-state index contributed by atoms with van der Waals surface area (Å²) in [7, 11) is 1.24. The van der Waals surface area contributed by atoms with E-state index in [0.717, 1.165) is 17.2 Å². The molecule has 0 spiro atoms. The largest absolute Gasteiger partial charge is 0.469 e. The Morgan fingerprint density at radius 3 is 3.06 bits per heavy atom. The van der Waals surface area contributed by atoms with Crippen molar-refractivity contribution in [3.05, 3.63) is 35.6 Å². The van der Waals surface area contributed by atoms with Crippen LogP contribution in [0.5, 0.6) is 0 Å². The second-order valence-corrected chi connectivity index (χ2v) is 3.77. The second kappa shape index (κ2) is 6.97. The highest BCUT2D eigenvalue weighted by Gasteiger charge is 2.00. The third-order valence-corrected chi connectivity index (χ3v) is 2.40. The van der Waals surface area contributed by atoms with Crippen LogP contribution in [-0.4, -0.2) is 23.9 Å². The highest BCUT2D eigenvalue weighted by atomic mass is 32.2. The minimum Gasteiger partial charge on any atom is -0.469 e. The molecule has 1 aromatic rings. The number of esters is 1. The topological polar surface area (TPSA) is 65.7 Å². The molecule has 0 aliphatic heterocycles. The van der Waals surface area contributed by atoms with Gasteiger partial charge in [-0.05, 0) is 12.1 Å². The summed E-state index contributed by atoms with van der Waals surface area (Å²) in [6.45, 7) is 0.256. The van der Waals surface area contributed by atoms with E-state index in [9.17, 15) is 9.00 Å². The number of furan rings is 1. The van der Waals surface area contributed by atoms with Crippen molar-refractivity contribution in [1.29, 1.82) is 0 Å². The van der Waals surface area contributed by atoms with Crippen molar-refractivity contribution < 1.29 is 22.3 Å². The molecule has 1 atom stereocenters. The zero-order valence-electron chi connectivity index (χ0n) is 8.75. The summed E-state index contributed by atoms with van der Waals surface area (Å²) < 4.78 is 25.5. The van der Waals surface area contributed by atoms with E-state index in [0.29, 0.717) is 6.42 Å². The van der Waals surface area contributed by atoms with Crippen molar-refractivity contribution in [2.75, 3.05) is 13.7 Å². The molecule has 1 rings (SSSR count). The minimum atomic E-state index is -1.63. The fourth-order valence-corrected chi connectivity index (χ4v) is 1.45. The van der Waals surface area contributed by atoms with E-state index in [2.05, 4.69) is 4.74 Å². The molecule has 88 valence electrons. The Bertz CT molecular complexity index is 369. The smallest absolute Gasteiger partial charge is 0.331 e. The molecule has 0 N–H and O–H groups in total. The summed E-state index contributed by atoms with van der Waals surface area (Å²) >= 11 is -1.63. The van der Waals surface area contributed by atoms with Gasteiger partial charge in [0.05, 0.1) is 20.0 Å². The summed E-state index contributed by atoms with van der Waals surface area (Å²) in [5.74, 6) is 0.192. The Morgan fingerprint density at radius 1 is 1.62 bits per heavy atom. The van der Waals surface area contributed by atoms with Crippen LogP contribution >= 0.6 is 0 Å². The Kier molecular flexibility index (Phi) is 5.52. The Balaban J connectivity index is 2.20. The zero-order valence-corrected chi connectivity index (χ0v) is 9.57. The maximum atomic E-state index is 11.2. The molecule has 0 aliphatic rings. The fourth-order valence-electron chi connectivity index (χ4n) is 0.898.